The topological polar surface area (TPSA) is 41.7 Å². The molecule has 170 valence electrons. The minimum Gasteiger partial charge on any atom is -0.482 e. The zero-order valence-electron chi connectivity index (χ0n) is 17.6. The molecule has 1 heterocycles. The van der Waals surface area contributed by atoms with Crippen molar-refractivity contribution < 1.29 is 22.3 Å². The second kappa shape index (κ2) is 10.3. The maximum Gasteiger partial charge on any atom is 0.422 e. The quantitative estimate of drug-likeness (QED) is 0.619. The van der Waals surface area contributed by atoms with Gasteiger partial charge in [-0.3, -0.25) is 4.90 Å². The zero-order valence-corrected chi connectivity index (χ0v) is 17.6. The Labute approximate surface area is 180 Å². The van der Waals surface area contributed by atoms with Gasteiger partial charge >= 0.3 is 6.18 Å². The summed E-state index contributed by atoms with van der Waals surface area (Å²) in [5.74, 6) is -0.0642. The van der Waals surface area contributed by atoms with Crippen molar-refractivity contribution in [2.24, 2.45) is 5.73 Å². The summed E-state index contributed by atoms with van der Waals surface area (Å²) in [7, 11) is 0. The minimum absolute atomic E-state index is 0.0734. The van der Waals surface area contributed by atoms with Crippen LogP contribution in [0.3, 0.4) is 0 Å². The molecule has 31 heavy (non-hydrogen) atoms. The molecule has 0 aromatic heterocycles. The molecule has 0 amide bonds. The highest BCUT2D eigenvalue weighted by atomic mass is 19.4. The number of alkyl halides is 3. The van der Waals surface area contributed by atoms with Crippen LogP contribution < -0.4 is 15.4 Å². The predicted molar refractivity (Wildman–Crippen MR) is 114 cm³/mol. The Morgan fingerprint density at radius 3 is 2.29 bits per heavy atom. The molecule has 1 saturated heterocycles. The van der Waals surface area contributed by atoms with E-state index in [2.05, 4.69) is 4.90 Å². The van der Waals surface area contributed by atoms with Crippen molar-refractivity contribution in [2.45, 2.75) is 31.5 Å². The van der Waals surface area contributed by atoms with Gasteiger partial charge in [0.2, 0.25) is 0 Å². The monoisotopic (exact) mass is 439 g/mol. The van der Waals surface area contributed by atoms with E-state index in [0.29, 0.717) is 24.3 Å². The summed E-state index contributed by atoms with van der Waals surface area (Å²) < 4.78 is 56.9. The average Bonchev–Trinajstić information content (AvgIpc) is 2.73. The molecule has 2 aromatic carbocycles. The summed E-state index contributed by atoms with van der Waals surface area (Å²) >= 11 is 0. The SMILES string of the molecule is C[C@@H](N)[C@@H](CCN1CCN(c2ccccc2OCC(F)(F)F)CC1)c1ccccc1F. The van der Waals surface area contributed by atoms with Gasteiger partial charge in [0, 0.05) is 38.1 Å². The molecule has 1 fully saturated rings. The van der Waals surface area contributed by atoms with Crippen LogP contribution in [0.15, 0.2) is 48.5 Å². The summed E-state index contributed by atoms with van der Waals surface area (Å²) in [6.07, 6.45) is -3.63. The summed E-state index contributed by atoms with van der Waals surface area (Å²) in [6, 6.07) is 13.4. The lowest BCUT2D eigenvalue weighted by molar-refractivity contribution is -0.153. The van der Waals surface area contributed by atoms with Crippen LogP contribution in [0.4, 0.5) is 23.2 Å². The maximum atomic E-state index is 14.2. The normalized spacial score (nSPS) is 17.4. The minimum atomic E-state index is -4.37. The number of anilines is 1. The molecule has 1 aliphatic rings. The zero-order chi connectivity index (χ0) is 22.4. The van der Waals surface area contributed by atoms with E-state index in [1.54, 1.807) is 36.4 Å². The first-order chi connectivity index (χ1) is 14.7. The van der Waals surface area contributed by atoms with Crippen LogP contribution in [-0.2, 0) is 0 Å². The third-order valence-electron chi connectivity index (χ3n) is 5.67. The van der Waals surface area contributed by atoms with Crippen LogP contribution in [0.25, 0.3) is 0 Å². The molecule has 0 bridgehead atoms. The van der Waals surface area contributed by atoms with Gasteiger partial charge in [-0.25, -0.2) is 4.39 Å². The Kier molecular flexibility index (Phi) is 7.78. The highest BCUT2D eigenvalue weighted by molar-refractivity contribution is 5.58. The van der Waals surface area contributed by atoms with E-state index < -0.39 is 12.8 Å². The molecule has 0 aliphatic carbocycles. The Bertz CT molecular complexity index is 836. The van der Waals surface area contributed by atoms with Gasteiger partial charge < -0.3 is 15.4 Å². The van der Waals surface area contributed by atoms with Crippen molar-refractivity contribution in [1.82, 2.24) is 4.90 Å². The number of para-hydroxylation sites is 2. The Hall–Kier alpha value is -2.32. The number of nitrogens with two attached hydrogens (primary N) is 1. The second-order valence-corrected chi connectivity index (χ2v) is 7.98. The van der Waals surface area contributed by atoms with Crippen molar-refractivity contribution in [2.75, 3.05) is 44.2 Å². The number of benzene rings is 2. The smallest absolute Gasteiger partial charge is 0.422 e. The second-order valence-electron chi connectivity index (χ2n) is 7.98. The Balaban J connectivity index is 1.56. The molecule has 0 radical (unpaired) electrons. The van der Waals surface area contributed by atoms with Crippen LogP contribution in [0, 0.1) is 5.82 Å². The third-order valence-corrected chi connectivity index (χ3v) is 5.67. The molecule has 0 saturated carbocycles. The first kappa shape index (κ1) is 23.3. The molecular formula is C23H29F4N3O. The largest absolute Gasteiger partial charge is 0.482 e. The maximum absolute atomic E-state index is 14.2. The number of rotatable bonds is 8. The summed E-state index contributed by atoms with van der Waals surface area (Å²) in [6.45, 7) is 4.24. The number of nitrogens with zero attached hydrogens (tertiary/aromatic N) is 2. The van der Waals surface area contributed by atoms with Crippen molar-refractivity contribution in [3.8, 4) is 5.75 Å². The molecule has 0 unspecified atom stereocenters. The summed E-state index contributed by atoms with van der Waals surface area (Å²) in [4.78, 5) is 4.33. The molecule has 2 atom stereocenters. The lowest BCUT2D eigenvalue weighted by Gasteiger charge is -2.37. The number of piperazine rings is 1. The van der Waals surface area contributed by atoms with Crippen molar-refractivity contribution in [3.05, 3.63) is 59.9 Å². The van der Waals surface area contributed by atoms with Crippen LogP contribution in [0.1, 0.15) is 24.8 Å². The average molecular weight is 439 g/mol. The predicted octanol–water partition coefficient (Wildman–Crippen LogP) is 4.41. The highest BCUT2D eigenvalue weighted by Gasteiger charge is 2.29. The fourth-order valence-corrected chi connectivity index (χ4v) is 4.01. The molecule has 8 heteroatoms. The van der Waals surface area contributed by atoms with Gasteiger partial charge in [-0.05, 0) is 43.7 Å². The Morgan fingerprint density at radius 2 is 1.65 bits per heavy atom. The molecule has 3 rings (SSSR count). The van der Waals surface area contributed by atoms with Crippen LogP contribution in [0.5, 0.6) is 5.75 Å². The first-order valence-corrected chi connectivity index (χ1v) is 10.5. The van der Waals surface area contributed by atoms with E-state index in [0.717, 1.165) is 26.1 Å². The van der Waals surface area contributed by atoms with E-state index >= 15 is 0 Å². The molecular weight excluding hydrogens is 410 g/mol. The Morgan fingerprint density at radius 1 is 1.00 bits per heavy atom. The van der Waals surface area contributed by atoms with Crippen molar-refractivity contribution in [3.63, 3.8) is 0 Å². The fraction of sp³-hybridized carbons (Fsp3) is 0.478. The van der Waals surface area contributed by atoms with E-state index in [1.165, 1.54) is 6.07 Å². The summed E-state index contributed by atoms with van der Waals surface area (Å²) in [5.41, 5.74) is 7.46. The molecule has 4 nitrogen and oxygen atoms in total. The number of hydrogen-bond acceptors (Lipinski definition) is 4. The fourth-order valence-electron chi connectivity index (χ4n) is 4.01. The van der Waals surface area contributed by atoms with Crippen molar-refractivity contribution in [1.29, 1.82) is 0 Å². The van der Waals surface area contributed by atoms with Gasteiger partial charge in [-0.2, -0.15) is 13.2 Å². The van der Waals surface area contributed by atoms with Gasteiger partial charge in [-0.1, -0.05) is 30.3 Å². The number of halogens is 4. The lowest BCUT2D eigenvalue weighted by atomic mass is 9.89. The molecule has 2 aromatic rings. The van der Waals surface area contributed by atoms with Crippen LogP contribution >= 0.6 is 0 Å². The number of ether oxygens (including phenoxy) is 1. The van der Waals surface area contributed by atoms with Crippen LogP contribution in [0.2, 0.25) is 0 Å². The van der Waals surface area contributed by atoms with Gasteiger partial charge in [0.15, 0.2) is 6.61 Å². The van der Waals surface area contributed by atoms with Gasteiger partial charge in [0.25, 0.3) is 0 Å². The summed E-state index contributed by atoms with van der Waals surface area (Å²) in [5, 5.41) is 0. The molecule has 2 N–H and O–H groups in total. The number of hydrogen-bond donors (Lipinski definition) is 1. The van der Waals surface area contributed by atoms with Crippen molar-refractivity contribution >= 4 is 5.69 Å². The highest BCUT2D eigenvalue weighted by Crippen LogP contribution is 2.31. The van der Waals surface area contributed by atoms with E-state index in [4.69, 9.17) is 10.5 Å². The van der Waals surface area contributed by atoms with E-state index in [9.17, 15) is 17.6 Å². The van der Waals surface area contributed by atoms with Gasteiger partial charge in [0.1, 0.15) is 11.6 Å². The third kappa shape index (κ3) is 6.58. The molecule has 1 aliphatic heterocycles. The molecule has 0 spiro atoms. The van der Waals surface area contributed by atoms with E-state index in [-0.39, 0.29) is 23.5 Å². The van der Waals surface area contributed by atoms with E-state index in [1.807, 2.05) is 17.9 Å². The standard InChI is InChI=1S/C23H29F4N3O/c1-17(28)18(19-6-2-3-7-20(19)24)10-11-29-12-14-30(15-13-29)21-8-4-5-9-22(21)31-16-23(25,26)27/h2-9,17-18H,10-16,28H2,1H3/t17-,18-/m1/s1. The lowest BCUT2D eigenvalue weighted by Crippen LogP contribution is -2.47. The first-order valence-electron chi connectivity index (χ1n) is 10.5. The van der Waals surface area contributed by atoms with Gasteiger partial charge in [-0.15, -0.1) is 0 Å². The van der Waals surface area contributed by atoms with Gasteiger partial charge in [0.05, 0.1) is 5.69 Å². The van der Waals surface area contributed by atoms with Crippen LogP contribution in [-0.4, -0.2) is 56.4 Å².